The van der Waals surface area contributed by atoms with Crippen LogP contribution in [0.5, 0.6) is 0 Å². The van der Waals surface area contributed by atoms with Crippen LogP contribution in [0, 0.1) is 0 Å². The molecule has 7 heteroatoms. The minimum atomic E-state index is -1.77. The number of hydrogen-bond donors (Lipinski definition) is 6. The van der Waals surface area contributed by atoms with Crippen LogP contribution in [0.4, 0.5) is 0 Å². The summed E-state index contributed by atoms with van der Waals surface area (Å²) in [5, 5.41) is 53.8. The van der Waals surface area contributed by atoms with Gasteiger partial charge in [-0.25, -0.2) is 4.79 Å². The fraction of sp³-hybridized carbons (Fsp3) is 0.667. The Balaban J connectivity index is 4.32. The van der Waals surface area contributed by atoms with E-state index in [1.165, 1.54) is 0 Å². The fourth-order valence-corrected chi connectivity index (χ4v) is 1.02. The number of hydrogen-bond acceptors (Lipinski definition) is 6. The molecular weight excluding hydrogens is 220 g/mol. The van der Waals surface area contributed by atoms with Crippen molar-refractivity contribution in [3.05, 3.63) is 12.2 Å². The standard InChI is InChI=1S/C9H16O7/c1-4(9(15)16)2-5(11)7(13)8(14)6(12)3-10/h5-8,10-14H,1-3H2,(H,15,16). The predicted molar refractivity (Wildman–Crippen MR) is 52.5 cm³/mol. The molecule has 0 saturated heterocycles. The van der Waals surface area contributed by atoms with Crippen LogP contribution >= 0.6 is 0 Å². The van der Waals surface area contributed by atoms with Crippen LogP contribution < -0.4 is 0 Å². The fourth-order valence-electron chi connectivity index (χ4n) is 1.02. The Bertz CT molecular complexity index is 252. The average Bonchev–Trinajstić information content (AvgIpc) is 2.25. The van der Waals surface area contributed by atoms with Crippen molar-refractivity contribution in [2.45, 2.75) is 30.8 Å². The van der Waals surface area contributed by atoms with Crippen molar-refractivity contribution in [2.75, 3.05) is 6.61 Å². The zero-order valence-corrected chi connectivity index (χ0v) is 8.52. The number of aliphatic hydroxyl groups excluding tert-OH is 5. The van der Waals surface area contributed by atoms with Crippen LogP contribution in [0.25, 0.3) is 0 Å². The van der Waals surface area contributed by atoms with Gasteiger partial charge in [-0.15, -0.1) is 0 Å². The molecule has 0 spiro atoms. The third-order valence-corrected chi connectivity index (χ3v) is 2.08. The Kier molecular flexibility index (Phi) is 6.16. The van der Waals surface area contributed by atoms with E-state index in [0.717, 1.165) is 0 Å². The van der Waals surface area contributed by atoms with Gasteiger partial charge in [-0.3, -0.25) is 0 Å². The SMILES string of the molecule is C=C(CC(O)C(O)C(O)C(O)CO)C(=O)O. The van der Waals surface area contributed by atoms with Gasteiger partial charge in [0.1, 0.15) is 18.3 Å². The van der Waals surface area contributed by atoms with E-state index in [-0.39, 0.29) is 5.57 Å². The lowest BCUT2D eigenvalue weighted by Gasteiger charge is -2.25. The molecule has 0 rings (SSSR count). The molecule has 0 heterocycles. The van der Waals surface area contributed by atoms with Crippen molar-refractivity contribution >= 4 is 5.97 Å². The summed E-state index contributed by atoms with van der Waals surface area (Å²) in [6, 6.07) is 0. The molecule has 94 valence electrons. The molecule has 16 heavy (non-hydrogen) atoms. The van der Waals surface area contributed by atoms with Gasteiger partial charge in [0.05, 0.1) is 12.7 Å². The van der Waals surface area contributed by atoms with Crippen LogP contribution in [-0.4, -0.2) is 67.6 Å². The minimum Gasteiger partial charge on any atom is -0.478 e. The van der Waals surface area contributed by atoms with Crippen LogP contribution in [0.2, 0.25) is 0 Å². The highest BCUT2D eigenvalue weighted by Crippen LogP contribution is 2.12. The quantitative estimate of drug-likeness (QED) is 0.267. The van der Waals surface area contributed by atoms with Gasteiger partial charge in [0.25, 0.3) is 0 Å². The second-order valence-corrected chi connectivity index (χ2v) is 3.41. The molecule has 0 fully saturated rings. The maximum atomic E-state index is 10.4. The van der Waals surface area contributed by atoms with Crippen molar-refractivity contribution < 1.29 is 35.4 Å². The van der Waals surface area contributed by atoms with Gasteiger partial charge in [-0.1, -0.05) is 6.58 Å². The molecule has 0 aromatic heterocycles. The van der Waals surface area contributed by atoms with Crippen molar-refractivity contribution in [1.82, 2.24) is 0 Å². The second-order valence-electron chi connectivity index (χ2n) is 3.41. The van der Waals surface area contributed by atoms with E-state index < -0.39 is 43.4 Å². The third kappa shape index (κ3) is 4.25. The Labute approximate surface area is 91.9 Å². The van der Waals surface area contributed by atoms with Gasteiger partial charge < -0.3 is 30.6 Å². The number of carboxylic acid groups (broad SMARTS) is 1. The Morgan fingerprint density at radius 1 is 1.06 bits per heavy atom. The van der Waals surface area contributed by atoms with Crippen molar-refractivity contribution in [1.29, 1.82) is 0 Å². The van der Waals surface area contributed by atoms with E-state index >= 15 is 0 Å². The van der Waals surface area contributed by atoms with Crippen molar-refractivity contribution in [3.63, 3.8) is 0 Å². The Hall–Kier alpha value is -0.990. The first kappa shape index (κ1) is 15.0. The maximum absolute atomic E-state index is 10.4. The zero-order chi connectivity index (χ0) is 12.9. The number of aliphatic hydroxyl groups is 5. The van der Waals surface area contributed by atoms with Gasteiger partial charge in [0, 0.05) is 12.0 Å². The molecule has 0 saturated carbocycles. The molecule has 7 nitrogen and oxygen atoms in total. The minimum absolute atomic E-state index is 0.336. The molecule has 0 amide bonds. The lowest BCUT2D eigenvalue weighted by atomic mass is 9.98. The number of carbonyl (C=O) groups is 1. The summed E-state index contributed by atoms with van der Waals surface area (Å²) in [5.41, 5.74) is -0.336. The molecule has 0 bridgehead atoms. The van der Waals surface area contributed by atoms with Crippen LogP contribution in [0.3, 0.4) is 0 Å². The van der Waals surface area contributed by atoms with Gasteiger partial charge in [-0.2, -0.15) is 0 Å². The highest BCUT2D eigenvalue weighted by molar-refractivity contribution is 5.85. The molecule has 0 radical (unpaired) electrons. The van der Waals surface area contributed by atoms with Crippen LogP contribution in [-0.2, 0) is 4.79 Å². The average molecular weight is 236 g/mol. The molecule has 4 unspecified atom stereocenters. The van der Waals surface area contributed by atoms with E-state index in [4.69, 9.17) is 15.3 Å². The Morgan fingerprint density at radius 2 is 1.50 bits per heavy atom. The lowest BCUT2D eigenvalue weighted by molar-refractivity contribution is -0.134. The summed E-state index contributed by atoms with van der Waals surface area (Å²) in [4.78, 5) is 10.4. The van der Waals surface area contributed by atoms with E-state index in [9.17, 15) is 20.1 Å². The van der Waals surface area contributed by atoms with E-state index in [0.29, 0.717) is 0 Å². The van der Waals surface area contributed by atoms with Gasteiger partial charge in [0.2, 0.25) is 0 Å². The summed E-state index contributed by atoms with van der Waals surface area (Å²) in [5.74, 6) is -1.33. The van der Waals surface area contributed by atoms with Crippen molar-refractivity contribution in [3.8, 4) is 0 Å². The summed E-state index contributed by atoms with van der Waals surface area (Å²) < 4.78 is 0. The zero-order valence-electron chi connectivity index (χ0n) is 8.52. The van der Waals surface area contributed by atoms with Gasteiger partial charge in [-0.05, 0) is 0 Å². The number of carboxylic acids is 1. The lowest BCUT2D eigenvalue weighted by Crippen LogP contribution is -2.46. The summed E-state index contributed by atoms with van der Waals surface area (Å²) in [6.45, 7) is 2.35. The molecule has 4 atom stereocenters. The molecule has 6 N–H and O–H groups in total. The predicted octanol–water partition coefficient (Wildman–Crippen LogP) is -2.55. The van der Waals surface area contributed by atoms with Gasteiger partial charge >= 0.3 is 5.97 Å². The molecule has 0 aliphatic heterocycles. The molecule has 0 aromatic rings. The summed E-state index contributed by atoms with van der Waals surface area (Å²) in [7, 11) is 0. The monoisotopic (exact) mass is 236 g/mol. The second kappa shape index (κ2) is 6.56. The smallest absolute Gasteiger partial charge is 0.331 e. The molecule has 0 aliphatic carbocycles. The summed E-state index contributed by atoms with van der Waals surface area (Å²) in [6.07, 6.45) is -7.17. The third-order valence-electron chi connectivity index (χ3n) is 2.08. The number of rotatable bonds is 7. The highest BCUT2D eigenvalue weighted by Gasteiger charge is 2.30. The van der Waals surface area contributed by atoms with E-state index in [1.54, 1.807) is 0 Å². The normalized spacial score (nSPS) is 18.6. The highest BCUT2D eigenvalue weighted by atomic mass is 16.4. The van der Waals surface area contributed by atoms with Gasteiger partial charge in [0.15, 0.2) is 0 Å². The van der Waals surface area contributed by atoms with E-state index in [2.05, 4.69) is 6.58 Å². The topological polar surface area (TPSA) is 138 Å². The van der Waals surface area contributed by atoms with E-state index in [1.807, 2.05) is 0 Å². The van der Waals surface area contributed by atoms with Crippen molar-refractivity contribution in [2.24, 2.45) is 0 Å². The summed E-state index contributed by atoms with van der Waals surface area (Å²) >= 11 is 0. The first-order chi connectivity index (χ1) is 7.31. The largest absolute Gasteiger partial charge is 0.478 e. The first-order valence-electron chi connectivity index (χ1n) is 4.55. The first-order valence-corrected chi connectivity index (χ1v) is 4.55. The Morgan fingerprint density at radius 3 is 1.88 bits per heavy atom. The van der Waals surface area contributed by atoms with Crippen LogP contribution in [0.1, 0.15) is 6.42 Å². The maximum Gasteiger partial charge on any atom is 0.331 e. The molecular formula is C9H16O7. The van der Waals surface area contributed by atoms with Crippen LogP contribution in [0.15, 0.2) is 12.2 Å². The molecule has 0 aromatic carbocycles. The molecule has 0 aliphatic rings. The number of aliphatic carboxylic acids is 1.